The molecule has 1 saturated carbocycles. The zero-order chi connectivity index (χ0) is 12.5. The number of rotatable bonds is 4. The summed E-state index contributed by atoms with van der Waals surface area (Å²) in [5.41, 5.74) is 12.1. The lowest BCUT2D eigenvalue weighted by Gasteiger charge is -2.00. The van der Waals surface area contributed by atoms with Crippen LogP contribution in [-0.4, -0.2) is 19.9 Å². The number of nitrogens with zero attached hydrogens (tertiary/aromatic N) is 4. The van der Waals surface area contributed by atoms with Crippen molar-refractivity contribution in [3.63, 3.8) is 0 Å². The number of thiazole rings is 1. The number of aromatic nitrogens is 4. The van der Waals surface area contributed by atoms with Gasteiger partial charge in [-0.3, -0.25) is 0 Å². The zero-order valence-electron chi connectivity index (χ0n) is 9.54. The van der Waals surface area contributed by atoms with Crippen LogP contribution in [0.3, 0.4) is 0 Å². The van der Waals surface area contributed by atoms with Gasteiger partial charge in [0.05, 0.1) is 10.7 Å². The van der Waals surface area contributed by atoms with Gasteiger partial charge in [-0.1, -0.05) is 11.8 Å². The van der Waals surface area contributed by atoms with E-state index in [4.69, 9.17) is 11.5 Å². The van der Waals surface area contributed by atoms with Gasteiger partial charge in [-0.2, -0.15) is 15.0 Å². The van der Waals surface area contributed by atoms with Crippen molar-refractivity contribution in [2.24, 2.45) is 0 Å². The molecule has 18 heavy (non-hydrogen) atoms. The molecule has 1 fully saturated rings. The Morgan fingerprint density at radius 1 is 1.17 bits per heavy atom. The maximum Gasteiger partial charge on any atom is 0.225 e. The Kier molecular flexibility index (Phi) is 3.04. The van der Waals surface area contributed by atoms with Gasteiger partial charge >= 0.3 is 0 Å². The SMILES string of the molecule is Nc1nc(N)nc(SCc2csc(C3CC3)n2)n1. The molecule has 2 heterocycles. The molecule has 8 heteroatoms. The van der Waals surface area contributed by atoms with Crippen LogP contribution in [0.5, 0.6) is 0 Å². The molecule has 0 aliphatic heterocycles. The van der Waals surface area contributed by atoms with E-state index >= 15 is 0 Å². The molecule has 2 aromatic rings. The van der Waals surface area contributed by atoms with Crippen LogP contribution in [0.4, 0.5) is 11.9 Å². The minimum atomic E-state index is 0.155. The van der Waals surface area contributed by atoms with Gasteiger partial charge in [0.15, 0.2) is 5.16 Å². The van der Waals surface area contributed by atoms with Gasteiger partial charge in [0, 0.05) is 17.1 Å². The van der Waals surface area contributed by atoms with E-state index in [-0.39, 0.29) is 11.9 Å². The van der Waals surface area contributed by atoms with Crippen LogP contribution >= 0.6 is 23.1 Å². The summed E-state index contributed by atoms with van der Waals surface area (Å²) in [5.74, 6) is 1.74. The summed E-state index contributed by atoms with van der Waals surface area (Å²) >= 11 is 3.20. The third kappa shape index (κ3) is 2.70. The summed E-state index contributed by atoms with van der Waals surface area (Å²) in [6.07, 6.45) is 2.56. The highest BCUT2D eigenvalue weighted by Gasteiger charge is 2.26. The highest BCUT2D eigenvalue weighted by molar-refractivity contribution is 7.98. The number of nitrogens with two attached hydrogens (primary N) is 2. The third-order valence-electron chi connectivity index (χ3n) is 2.49. The van der Waals surface area contributed by atoms with Crippen molar-refractivity contribution >= 4 is 35.0 Å². The molecule has 0 saturated heterocycles. The minimum Gasteiger partial charge on any atom is -0.368 e. The lowest BCUT2D eigenvalue weighted by Crippen LogP contribution is -2.03. The molecule has 3 rings (SSSR count). The number of nitrogen functional groups attached to an aromatic ring is 2. The average Bonchev–Trinajstić information content (AvgIpc) is 3.05. The van der Waals surface area contributed by atoms with E-state index in [1.807, 2.05) is 0 Å². The summed E-state index contributed by atoms with van der Waals surface area (Å²) in [6, 6.07) is 0. The molecule has 0 bridgehead atoms. The van der Waals surface area contributed by atoms with E-state index in [0.717, 1.165) is 11.4 Å². The van der Waals surface area contributed by atoms with Gasteiger partial charge in [-0.05, 0) is 12.8 Å². The van der Waals surface area contributed by atoms with Crippen molar-refractivity contribution in [2.75, 3.05) is 11.5 Å². The van der Waals surface area contributed by atoms with E-state index in [9.17, 15) is 0 Å². The summed E-state index contributed by atoms with van der Waals surface area (Å²) < 4.78 is 0. The summed E-state index contributed by atoms with van der Waals surface area (Å²) in [7, 11) is 0. The number of hydrogen-bond donors (Lipinski definition) is 2. The normalized spacial score (nSPS) is 14.9. The fraction of sp³-hybridized carbons (Fsp3) is 0.400. The smallest absolute Gasteiger partial charge is 0.225 e. The molecule has 1 aliphatic carbocycles. The predicted molar refractivity (Wildman–Crippen MR) is 72.3 cm³/mol. The van der Waals surface area contributed by atoms with Crippen LogP contribution in [0.2, 0.25) is 0 Å². The molecule has 0 unspecified atom stereocenters. The Morgan fingerprint density at radius 3 is 2.56 bits per heavy atom. The maximum atomic E-state index is 5.51. The molecule has 2 aromatic heterocycles. The maximum absolute atomic E-state index is 5.51. The summed E-state index contributed by atoms with van der Waals surface area (Å²) in [4.78, 5) is 16.4. The second-order valence-corrected chi connectivity index (χ2v) is 5.91. The fourth-order valence-corrected chi connectivity index (χ4v) is 3.34. The van der Waals surface area contributed by atoms with Crippen LogP contribution < -0.4 is 11.5 Å². The zero-order valence-corrected chi connectivity index (χ0v) is 11.2. The van der Waals surface area contributed by atoms with Gasteiger partial charge < -0.3 is 11.5 Å². The van der Waals surface area contributed by atoms with E-state index in [2.05, 4.69) is 25.3 Å². The lowest BCUT2D eigenvalue weighted by atomic mass is 10.4. The Bertz CT molecular complexity index is 545. The van der Waals surface area contributed by atoms with Crippen molar-refractivity contribution in [1.29, 1.82) is 0 Å². The van der Waals surface area contributed by atoms with Crippen molar-refractivity contribution in [3.05, 3.63) is 16.1 Å². The topological polar surface area (TPSA) is 104 Å². The van der Waals surface area contributed by atoms with E-state index in [1.165, 1.54) is 29.6 Å². The highest BCUT2D eigenvalue weighted by Crippen LogP contribution is 2.41. The molecule has 94 valence electrons. The standard InChI is InChI=1S/C10H12N6S2/c11-8-14-9(12)16-10(15-8)18-4-6-3-17-7(13-6)5-1-2-5/h3,5H,1-2,4H2,(H4,11,12,14,15,16). The molecule has 6 nitrogen and oxygen atoms in total. The second-order valence-electron chi connectivity index (χ2n) is 4.07. The summed E-state index contributed by atoms with van der Waals surface area (Å²) in [6.45, 7) is 0. The van der Waals surface area contributed by atoms with Crippen LogP contribution in [0.25, 0.3) is 0 Å². The fourth-order valence-electron chi connectivity index (χ4n) is 1.50. The highest BCUT2D eigenvalue weighted by atomic mass is 32.2. The van der Waals surface area contributed by atoms with Gasteiger partial charge in [0.1, 0.15) is 0 Å². The minimum absolute atomic E-state index is 0.155. The quantitative estimate of drug-likeness (QED) is 0.821. The Hall–Kier alpha value is -1.41. The first-order chi connectivity index (χ1) is 8.70. The summed E-state index contributed by atoms with van der Waals surface area (Å²) in [5, 5.41) is 3.88. The van der Waals surface area contributed by atoms with Crippen molar-refractivity contribution in [2.45, 2.75) is 29.7 Å². The van der Waals surface area contributed by atoms with E-state index < -0.39 is 0 Å². The molecule has 0 aromatic carbocycles. The number of thioether (sulfide) groups is 1. The molecule has 0 atom stereocenters. The largest absolute Gasteiger partial charge is 0.368 e. The molecular weight excluding hydrogens is 268 g/mol. The number of anilines is 2. The van der Waals surface area contributed by atoms with Crippen LogP contribution in [0.15, 0.2) is 10.5 Å². The van der Waals surface area contributed by atoms with Gasteiger partial charge in [-0.25, -0.2) is 4.98 Å². The predicted octanol–water partition coefficient (Wildman–Crippen LogP) is 1.66. The second kappa shape index (κ2) is 4.69. The van der Waals surface area contributed by atoms with Crippen LogP contribution in [-0.2, 0) is 5.75 Å². The Morgan fingerprint density at radius 2 is 1.89 bits per heavy atom. The Labute approximate surface area is 112 Å². The first-order valence-corrected chi connectivity index (χ1v) is 7.41. The lowest BCUT2D eigenvalue weighted by molar-refractivity contribution is 0.927. The average molecular weight is 280 g/mol. The van der Waals surface area contributed by atoms with Gasteiger partial charge in [0.25, 0.3) is 0 Å². The first-order valence-electron chi connectivity index (χ1n) is 5.55. The monoisotopic (exact) mass is 280 g/mol. The first kappa shape index (κ1) is 11.7. The van der Waals surface area contributed by atoms with Crippen molar-refractivity contribution < 1.29 is 0 Å². The van der Waals surface area contributed by atoms with Crippen LogP contribution in [0.1, 0.15) is 29.5 Å². The molecule has 4 N–H and O–H groups in total. The molecule has 0 amide bonds. The molecule has 0 spiro atoms. The Balaban J connectivity index is 1.65. The van der Waals surface area contributed by atoms with E-state index in [1.54, 1.807) is 11.3 Å². The molecule has 1 aliphatic rings. The number of hydrogen-bond acceptors (Lipinski definition) is 8. The van der Waals surface area contributed by atoms with Crippen molar-refractivity contribution in [1.82, 2.24) is 19.9 Å². The third-order valence-corrected chi connectivity index (χ3v) is 4.43. The van der Waals surface area contributed by atoms with Gasteiger partial charge in [0.2, 0.25) is 11.9 Å². The van der Waals surface area contributed by atoms with Crippen molar-refractivity contribution in [3.8, 4) is 0 Å². The van der Waals surface area contributed by atoms with E-state index in [0.29, 0.717) is 11.1 Å². The van der Waals surface area contributed by atoms with Crippen LogP contribution in [0, 0.1) is 0 Å². The van der Waals surface area contributed by atoms with Gasteiger partial charge in [-0.15, -0.1) is 11.3 Å². The molecular formula is C10H12N6S2. The molecule has 0 radical (unpaired) electrons.